The van der Waals surface area contributed by atoms with E-state index in [1.54, 1.807) is 0 Å². The van der Waals surface area contributed by atoms with Crippen LogP contribution >= 0.6 is 0 Å². The Bertz CT molecular complexity index is 2920. The molecule has 0 aliphatic carbocycles. The van der Waals surface area contributed by atoms with Crippen LogP contribution in [0.2, 0.25) is 0 Å². The predicted molar refractivity (Wildman–Crippen MR) is 236 cm³/mol. The van der Waals surface area contributed by atoms with Crippen LogP contribution in [0.3, 0.4) is 0 Å². The average molecular weight is 693 g/mol. The highest BCUT2D eigenvalue weighted by Crippen LogP contribution is 2.47. The van der Waals surface area contributed by atoms with E-state index < -0.39 is 0 Å². The van der Waals surface area contributed by atoms with Crippen LogP contribution in [0, 0.1) is 0 Å². The fourth-order valence-corrected chi connectivity index (χ4v) is 8.37. The van der Waals surface area contributed by atoms with Gasteiger partial charge in [-0.2, -0.15) is 0 Å². The quantitative estimate of drug-likeness (QED) is 0.158. The molecular weight excluding hydrogens is 649 g/mol. The van der Waals surface area contributed by atoms with Gasteiger partial charge < -0.3 is 0 Å². The smallest absolute Gasteiger partial charge is 0.00259 e. The zero-order chi connectivity index (χ0) is 37.0. The van der Waals surface area contributed by atoms with E-state index in [9.17, 15) is 0 Å². The van der Waals surface area contributed by atoms with Crippen molar-refractivity contribution in [3.63, 3.8) is 0 Å². The molecule has 54 heavy (non-hydrogen) atoms. The Morgan fingerprint density at radius 2 is 0.870 bits per heavy atom. The number of allylic oxidation sites excluding steroid dienone is 2. The van der Waals surface area contributed by atoms with Gasteiger partial charge in [-0.3, -0.25) is 0 Å². The van der Waals surface area contributed by atoms with Crippen molar-refractivity contribution in [2.24, 2.45) is 0 Å². The average Bonchev–Trinajstić information content (AvgIpc) is 3.21. The van der Waals surface area contributed by atoms with E-state index in [-0.39, 0.29) is 5.41 Å². The first kappa shape index (κ1) is 33.6. The minimum Gasteiger partial charge on any atom is -0.0841 e. The van der Waals surface area contributed by atoms with E-state index in [0.717, 1.165) is 0 Å². The Morgan fingerprint density at radius 1 is 0.407 bits per heavy atom. The highest BCUT2D eigenvalue weighted by Gasteiger charge is 2.22. The van der Waals surface area contributed by atoms with Crippen LogP contribution in [0.25, 0.3) is 93.2 Å². The SMILES string of the molecule is C/C=C(\C)c1ccc2c(-c3cccc(-c4cccc5ccccc45)c3)c3cc(C(C)(C)C)ccc3c(-c3cccc(-c4cccc5ccccc45)c3)c2c1. The summed E-state index contributed by atoms with van der Waals surface area (Å²) < 4.78 is 0. The molecule has 0 N–H and O–H groups in total. The van der Waals surface area contributed by atoms with Gasteiger partial charge in [0.15, 0.2) is 0 Å². The minimum absolute atomic E-state index is 0.00739. The van der Waals surface area contributed by atoms with Gasteiger partial charge in [0.25, 0.3) is 0 Å². The third-order valence-corrected chi connectivity index (χ3v) is 11.4. The maximum Gasteiger partial charge on any atom is -0.00259 e. The van der Waals surface area contributed by atoms with Gasteiger partial charge in [-0.05, 0) is 148 Å². The fraction of sp³-hybridized carbons (Fsp3) is 0.111. The molecule has 0 bridgehead atoms. The molecule has 0 fully saturated rings. The van der Waals surface area contributed by atoms with Gasteiger partial charge in [-0.15, -0.1) is 0 Å². The Kier molecular flexibility index (Phi) is 8.28. The molecule has 9 rings (SSSR count). The number of fused-ring (bicyclic) bond motifs is 4. The van der Waals surface area contributed by atoms with Crippen molar-refractivity contribution >= 4 is 48.7 Å². The summed E-state index contributed by atoms with van der Waals surface area (Å²) in [6.07, 6.45) is 2.22. The fourth-order valence-electron chi connectivity index (χ4n) is 8.37. The van der Waals surface area contributed by atoms with Crippen molar-refractivity contribution in [1.82, 2.24) is 0 Å². The number of rotatable bonds is 5. The minimum atomic E-state index is -0.00739. The number of benzene rings is 9. The Morgan fingerprint density at radius 3 is 1.41 bits per heavy atom. The van der Waals surface area contributed by atoms with Gasteiger partial charge in [-0.1, -0.05) is 172 Å². The van der Waals surface area contributed by atoms with Crippen LogP contribution < -0.4 is 0 Å². The monoisotopic (exact) mass is 692 g/mol. The van der Waals surface area contributed by atoms with Crippen molar-refractivity contribution in [1.29, 1.82) is 0 Å². The van der Waals surface area contributed by atoms with E-state index in [2.05, 4.69) is 211 Å². The summed E-state index contributed by atoms with van der Waals surface area (Å²) >= 11 is 0. The summed E-state index contributed by atoms with van der Waals surface area (Å²) in [5.41, 5.74) is 13.8. The molecule has 0 nitrogen and oxygen atoms in total. The number of hydrogen-bond donors (Lipinski definition) is 0. The van der Waals surface area contributed by atoms with Gasteiger partial charge in [0.05, 0.1) is 0 Å². The molecule has 9 aromatic rings. The van der Waals surface area contributed by atoms with Gasteiger partial charge >= 0.3 is 0 Å². The van der Waals surface area contributed by atoms with Crippen LogP contribution in [0.15, 0.2) is 176 Å². The number of hydrogen-bond acceptors (Lipinski definition) is 0. The van der Waals surface area contributed by atoms with Gasteiger partial charge in [0.1, 0.15) is 0 Å². The predicted octanol–water partition coefficient (Wildman–Crippen LogP) is 15.7. The molecule has 0 radical (unpaired) electrons. The zero-order valence-electron chi connectivity index (χ0n) is 31.7. The van der Waals surface area contributed by atoms with E-state index in [0.29, 0.717) is 0 Å². The second-order valence-electron chi connectivity index (χ2n) is 15.7. The second-order valence-corrected chi connectivity index (χ2v) is 15.7. The molecule has 0 saturated carbocycles. The molecule has 0 atom stereocenters. The largest absolute Gasteiger partial charge is 0.0841 e. The second kappa shape index (κ2) is 13.3. The van der Waals surface area contributed by atoms with Crippen LogP contribution in [0.5, 0.6) is 0 Å². The van der Waals surface area contributed by atoms with Gasteiger partial charge in [0.2, 0.25) is 0 Å². The molecule has 0 heterocycles. The standard InChI is InChI=1S/C54H44/c1-6-35(2)38-27-29-48-50(33-38)52(41-21-11-19-39(31-41)46-25-13-17-36-15-7-9-23-44(36)46)49-30-28-43(54(3,4)5)34-51(49)53(48)42-22-12-20-40(32-42)47-26-14-18-37-16-8-10-24-45(37)47/h6-34H,1-5H3/b35-6+. The maximum absolute atomic E-state index is 2.47. The molecular formula is C54H44. The first-order valence-electron chi connectivity index (χ1n) is 19.1. The Labute approximate surface area is 319 Å². The molecule has 0 unspecified atom stereocenters. The van der Waals surface area contributed by atoms with E-state index in [1.807, 2.05) is 0 Å². The van der Waals surface area contributed by atoms with Crippen molar-refractivity contribution in [2.75, 3.05) is 0 Å². The van der Waals surface area contributed by atoms with Gasteiger partial charge in [0, 0.05) is 0 Å². The lowest BCUT2D eigenvalue weighted by molar-refractivity contribution is 0.591. The molecule has 9 aromatic carbocycles. The van der Waals surface area contributed by atoms with Crippen molar-refractivity contribution in [3.8, 4) is 44.5 Å². The van der Waals surface area contributed by atoms with E-state index >= 15 is 0 Å². The lowest BCUT2D eigenvalue weighted by Crippen LogP contribution is -2.10. The topological polar surface area (TPSA) is 0 Å². The Hall–Kier alpha value is -6.24. The Balaban J connectivity index is 1.37. The van der Waals surface area contributed by atoms with Crippen LogP contribution in [-0.4, -0.2) is 0 Å². The van der Waals surface area contributed by atoms with Crippen LogP contribution in [0.1, 0.15) is 45.7 Å². The summed E-state index contributed by atoms with van der Waals surface area (Å²) in [6.45, 7) is 11.3. The normalized spacial score (nSPS) is 12.3. The third kappa shape index (κ3) is 5.80. The van der Waals surface area contributed by atoms with Crippen molar-refractivity contribution in [3.05, 3.63) is 187 Å². The summed E-state index contributed by atoms with van der Waals surface area (Å²) in [4.78, 5) is 0. The van der Waals surface area contributed by atoms with Crippen molar-refractivity contribution in [2.45, 2.75) is 40.0 Å². The molecule has 0 aliphatic rings. The lowest BCUT2D eigenvalue weighted by atomic mass is 9.80. The lowest BCUT2D eigenvalue weighted by Gasteiger charge is -2.24. The molecule has 0 spiro atoms. The molecule has 0 saturated heterocycles. The summed E-state index contributed by atoms with van der Waals surface area (Å²) in [5, 5.41) is 10.1. The van der Waals surface area contributed by atoms with Crippen LogP contribution in [-0.2, 0) is 5.41 Å². The maximum atomic E-state index is 2.47. The molecule has 0 amide bonds. The van der Waals surface area contributed by atoms with Crippen molar-refractivity contribution < 1.29 is 0 Å². The highest BCUT2D eigenvalue weighted by molar-refractivity contribution is 6.22. The molecule has 0 aromatic heterocycles. The first-order valence-corrected chi connectivity index (χ1v) is 19.1. The van der Waals surface area contributed by atoms with E-state index in [1.165, 1.54) is 104 Å². The summed E-state index contributed by atoms with van der Waals surface area (Å²) in [5.74, 6) is 0. The molecule has 260 valence electrons. The summed E-state index contributed by atoms with van der Waals surface area (Å²) in [7, 11) is 0. The summed E-state index contributed by atoms with van der Waals surface area (Å²) in [6, 6.07) is 63.4. The molecule has 0 aliphatic heterocycles. The van der Waals surface area contributed by atoms with E-state index in [4.69, 9.17) is 0 Å². The first-order chi connectivity index (χ1) is 26.3. The third-order valence-electron chi connectivity index (χ3n) is 11.4. The van der Waals surface area contributed by atoms with Crippen LogP contribution in [0.4, 0.5) is 0 Å². The zero-order valence-corrected chi connectivity index (χ0v) is 31.7. The highest BCUT2D eigenvalue weighted by atomic mass is 14.3. The van der Waals surface area contributed by atoms with Gasteiger partial charge in [-0.25, -0.2) is 0 Å². The molecule has 0 heteroatoms.